The van der Waals surface area contributed by atoms with E-state index < -0.39 is 0 Å². The fourth-order valence-electron chi connectivity index (χ4n) is 5.27. The quantitative estimate of drug-likeness (QED) is 0.781. The summed E-state index contributed by atoms with van der Waals surface area (Å²) in [6.45, 7) is 0. The zero-order valence-electron chi connectivity index (χ0n) is 11.0. The summed E-state index contributed by atoms with van der Waals surface area (Å²) in [5, 5.41) is 3.35. The van der Waals surface area contributed by atoms with Crippen LogP contribution in [-0.2, 0) is 4.79 Å². The van der Waals surface area contributed by atoms with Crippen molar-refractivity contribution in [1.82, 2.24) is 5.32 Å². The van der Waals surface area contributed by atoms with Gasteiger partial charge < -0.3 is 11.1 Å². The molecule has 0 aromatic rings. The highest BCUT2D eigenvalue weighted by molar-refractivity contribution is 5.79. The van der Waals surface area contributed by atoms with E-state index in [-0.39, 0.29) is 12.0 Å². The van der Waals surface area contributed by atoms with Gasteiger partial charge in [0.15, 0.2) is 0 Å². The van der Waals surface area contributed by atoms with E-state index in [0.717, 1.165) is 49.4 Å². The monoisotopic (exact) mass is 248 g/mol. The van der Waals surface area contributed by atoms with Crippen molar-refractivity contribution in [2.24, 2.45) is 35.3 Å². The number of fused-ring (bicyclic) bond motifs is 5. The van der Waals surface area contributed by atoms with Crippen LogP contribution < -0.4 is 11.1 Å². The normalized spacial score (nSPS) is 53.1. The lowest BCUT2D eigenvalue weighted by Crippen LogP contribution is -2.40. The first kappa shape index (κ1) is 11.3. The van der Waals surface area contributed by atoms with Crippen molar-refractivity contribution >= 4 is 5.91 Å². The molecule has 1 amide bonds. The topological polar surface area (TPSA) is 55.1 Å². The van der Waals surface area contributed by atoms with Crippen LogP contribution in [0.2, 0.25) is 0 Å². The van der Waals surface area contributed by atoms with Crippen LogP contribution in [0.25, 0.3) is 0 Å². The van der Waals surface area contributed by atoms with E-state index in [9.17, 15) is 4.79 Å². The molecule has 100 valence electrons. The minimum Gasteiger partial charge on any atom is -0.353 e. The van der Waals surface area contributed by atoms with Crippen LogP contribution in [0.3, 0.4) is 0 Å². The Morgan fingerprint density at radius 2 is 1.72 bits per heavy atom. The van der Waals surface area contributed by atoms with Crippen molar-refractivity contribution in [1.29, 1.82) is 0 Å². The van der Waals surface area contributed by atoms with Crippen LogP contribution in [-0.4, -0.2) is 18.0 Å². The number of carbonyl (C=O) groups excluding carboxylic acids is 1. The molecule has 0 saturated heterocycles. The average molecular weight is 248 g/mol. The summed E-state index contributed by atoms with van der Waals surface area (Å²) in [5.74, 6) is 4.10. The number of nitrogens with one attached hydrogen (secondary N) is 1. The van der Waals surface area contributed by atoms with Crippen LogP contribution >= 0.6 is 0 Å². The van der Waals surface area contributed by atoms with E-state index in [1.165, 1.54) is 19.3 Å². The summed E-state index contributed by atoms with van der Waals surface area (Å²) in [6, 6.07) is 0.797. The molecule has 4 aliphatic carbocycles. The average Bonchev–Trinajstić information content (AvgIpc) is 2.77. The highest BCUT2D eigenvalue weighted by Gasteiger charge is 2.65. The number of carbonyl (C=O) groups is 1. The van der Waals surface area contributed by atoms with E-state index in [2.05, 4.69) is 5.32 Å². The number of hydrogen-bond acceptors (Lipinski definition) is 2. The summed E-state index contributed by atoms with van der Waals surface area (Å²) in [4.78, 5) is 12.3. The molecule has 2 bridgehead atoms. The van der Waals surface area contributed by atoms with Crippen LogP contribution in [0.5, 0.6) is 0 Å². The van der Waals surface area contributed by atoms with Gasteiger partial charge in [-0.15, -0.1) is 0 Å². The molecule has 3 nitrogen and oxygen atoms in total. The van der Waals surface area contributed by atoms with Gasteiger partial charge in [-0.05, 0) is 62.2 Å². The maximum atomic E-state index is 12.3. The summed E-state index contributed by atoms with van der Waals surface area (Å²) in [7, 11) is 0. The lowest BCUT2D eigenvalue weighted by atomic mass is 9.85. The number of hydrogen-bond donors (Lipinski definition) is 2. The van der Waals surface area contributed by atoms with Gasteiger partial charge in [0.2, 0.25) is 5.91 Å². The highest BCUT2D eigenvalue weighted by Crippen LogP contribution is 2.65. The molecule has 0 radical (unpaired) electrons. The molecule has 3 N–H and O–H groups in total. The summed E-state index contributed by atoms with van der Waals surface area (Å²) >= 11 is 0. The van der Waals surface area contributed by atoms with Crippen molar-refractivity contribution in [3.05, 3.63) is 0 Å². The fraction of sp³-hybridized carbons (Fsp3) is 0.933. The molecular formula is C15H24N2O. The minimum atomic E-state index is 0.202. The Balaban J connectivity index is 1.35. The van der Waals surface area contributed by atoms with Crippen LogP contribution in [0.1, 0.15) is 44.9 Å². The molecule has 4 fully saturated rings. The maximum Gasteiger partial charge on any atom is 0.223 e. The van der Waals surface area contributed by atoms with Gasteiger partial charge in [0.25, 0.3) is 0 Å². The standard InChI is InChI=1S/C15H24N2O/c16-11-3-1-2-10(7-11)15(18)17-14-12-8-4-5-9(6-8)13(12)14/h8-14H,1-7,16H2,(H,17,18). The fourth-order valence-corrected chi connectivity index (χ4v) is 5.27. The Labute approximate surface area is 109 Å². The summed E-state index contributed by atoms with van der Waals surface area (Å²) in [6.07, 6.45) is 8.48. The Morgan fingerprint density at radius 1 is 1.00 bits per heavy atom. The summed E-state index contributed by atoms with van der Waals surface area (Å²) < 4.78 is 0. The molecule has 6 atom stereocenters. The van der Waals surface area contributed by atoms with Crippen LogP contribution in [0, 0.1) is 29.6 Å². The van der Waals surface area contributed by atoms with Gasteiger partial charge in [-0.25, -0.2) is 0 Å². The maximum absolute atomic E-state index is 12.3. The Kier molecular flexibility index (Phi) is 2.48. The van der Waals surface area contributed by atoms with E-state index in [4.69, 9.17) is 5.73 Å². The third kappa shape index (κ3) is 1.63. The summed E-state index contributed by atoms with van der Waals surface area (Å²) in [5.41, 5.74) is 5.98. The van der Waals surface area contributed by atoms with E-state index in [0.29, 0.717) is 11.9 Å². The van der Waals surface area contributed by atoms with Crippen LogP contribution in [0.4, 0.5) is 0 Å². The molecule has 6 unspecified atom stereocenters. The first-order chi connectivity index (χ1) is 8.74. The first-order valence-electron chi connectivity index (χ1n) is 7.80. The molecule has 18 heavy (non-hydrogen) atoms. The Hall–Kier alpha value is -0.570. The second-order valence-electron chi connectivity index (χ2n) is 7.15. The lowest BCUT2D eigenvalue weighted by Gasteiger charge is -2.26. The zero-order valence-corrected chi connectivity index (χ0v) is 11.0. The predicted octanol–water partition coefficient (Wildman–Crippen LogP) is 1.66. The minimum absolute atomic E-state index is 0.202. The first-order valence-corrected chi connectivity index (χ1v) is 7.80. The number of rotatable bonds is 2. The Bertz CT molecular complexity index is 354. The second-order valence-corrected chi connectivity index (χ2v) is 7.15. The number of amides is 1. The van der Waals surface area contributed by atoms with Crippen molar-refractivity contribution in [3.8, 4) is 0 Å². The lowest BCUT2D eigenvalue weighted by molar-refractivity contribution is -0.126. The van der Waals surface area contributed by atoms with Gasteiger partial charge in [0, 0.05) is 18.0 Å². The van der Waals surface area contributed by atoms with E-state index >= 15 is 0 Å². The highest BCUT2D eigenvalue weighted by atomic mass is 16.2. The van der Waals surface area contributed by atoms with Gasteiger partial charge in [0.05, 0.1) is 0 Å². The molecule has 0 heterocycles. The van der Waals surface area contributed by atoms with Gasteiger partial charge in [-0.1, -0.05) is 6.42 Å². The van der Waals surface area contributed by atoms with Crippen molar-refractivity contribution in [3.63, 3.8) is 0 Å². The van der Waals surface area contributed by atoms with E-state index in [1.807, 2.05) is 0 Å². The van der Waals surface area contributed by atoms with Gasteiger partial charge in [-0.2, -0.15) is 0 Å². The van der Waals surface area contributed by atoms with Crippen molar-refractivity contribution in [2.45, 2.75) is 57.0 Å². The molecule has 4 rings (SSSR count). The molecule has 3 heteroatoms. The predicted molar refractivity (Wildman–Crippen MR) is 69.7 cm³/mol. The largest absolute Gasteiger partial charge is 0.353 e. The van der Waals surface area contributed by atoms with Crippen LogP contribution in [0.15, 0.2) is 0 Å². The van der Waals surface area contributed by atoms with Gasteiger partial charge in [0.1, 0.15) is 0 Å². The van der Waals surface area contributed by atoms with Gasteiger partial charge in [-0.3, -0.25) is 4.79 Å². The van der Waals surface area contributed by atoms with Gasteiger partial charge >= 0.3 is 0 Å². The molecule has 4 aliphatic rings. The smallest absolute Gasteiger partial charge is 0.223 e. The Morgan fingerprint density at radius 3 is 2.39 bits per heavy atom. The molecule has 4 saturated carbocycles. The third-order valence-corrected chi connectivity index (χ3v) is 6.13. The van der Waals surface area contributed by atoms with Crippen molar-refractivity contribution < 1.29 is 4.79 Å². The molecule has 0 aromatic heterocycles. The molecule has 0 spiro atoms. The third-order valence-electron chi connectivity index (χ3n) is 6.13. The molecular weight excluding hydrogens is 224 g/mol. The van der Waals surface area contributed by atoms with Crippen molar-refractivity contribution in [2.75, 3.05) is 0 Å². The zero-order chi connectivity index (χ0) is 12.3. The second kappa shape index (κ2) is 3.96. The molecule has 0 aromatic carbocycles. The molecule has 0 aliphatic heterocycles. The number of nitrogens with two attached hydrogens (primary N) is 1. The SMILES string of the molecule is NC1CCCC(C(=O)NC2C3C4CCC(C4)C23)C1. The van der Waals surface area contributed by atoms with E-state index in [1.54, 1.807) is 0 Å².